The zero-order valence-electron chi connectivity index (χ0n) is 4.30. The number of fused-ring (bicyclic) bond motifs is 1. The van der Waals surface area contributed by atoms with E-state index in [1.54, 1.807) is 0 Å². The van der Waals surface area contributed by atoms with Crippen molar-refractivity contribution in [1.82, 2.24) is 0 Å². The van der Waals surface area contributed by atoms with E-state index in [2.05, 4.69) is 4.52 Å². The Kier molecular flexibility index (Phi) is 0.896. The van der Waals surface area contributed by atoms with Gasteiger partial charge in [0.2, 0.25) is 0 Å². The van der Waals surface area contributed by atoms with E-state index in [0.717, 1.165) is 0 Å². The molecule has 2 rings (SSSR count). The molecular weight excluding hydrogens is 147 g/mol. The Bertz CT molecular complexity index is 177. The lowest BCUT2D eigenvalue weighted by molar-refractivity contribution is 0.0853. The summed E-state index contributed by atoms with van der Waals surface area (Å²) in [6, 6.07) is 0. The standard InChI is InChI=1S/C3H5O5P/c4-9(5,6)8-3-1-2(3)7-1/h1-3H,(H2,4,5,6). The molecule has 0 radical (unpaired) electrons. The summed E-state index contributed by atoms with van der Waals surface area (Å²) in [7, 11) is -4.25. The third-order valence-corrected chi connectivity index (χ3v) is 1.85. The second-order valence-electron chi connectivity index (χ2n) is 2.13. The first-order valence-corrected chi connectivity index (χ1v) is 4.00. The third-order valence-electron chi connectivity index (χ3n) is 1.33. The number of phosphoric ester groups is 1. The van der Waals surface area contributed by atoms with Crippen LogP contribution in [0.4, 0.5) is 0 Å². The SMILES string of the molecule is O=P(O)(O)OC1C2OC21. The fourth-order valence-corrected chi connectivity index (χ4v) is 1.27. The van der Waals surface area contributed by atoms with E-state index < -0.39 is 7.82 Å². The maximum atomic E-state index is 10.1. The second-order valence-corrected chi connectivity index (χ2v) is 3.32. The van der Waals surface area contributed by atoms with Gasteiger partial charge in [-0.2, -0.15) is 0 Å². The van der Waals surface area contributed by atoms with Gasteiger partial charge in [-0.25, -0.2) is 4.57 Å². The summed E-state index contributed by atoms with van der Waals surface area (Å²) in [4.78, 5) is 16.4. The van der Waals surface area contributed by atoms with Gasteiger partial charge < -0.3 is 14.5 Å². The van der Waals surface area contributed by atoms with Gasteiger partial charge in [-0.3, -0.25) is 4.52 Å². The average molecular weight is 152 g/mol. The van der Waals surface area contributed by atoms with E-state index in [-0.39, 0.29) is 18.3 Å². The highest BCUT2D eigenvalue weighted by molar-refractivity contribution is 7.46. The Morgan fingerprint density at radius 2 is 2.00 bits per heavy atom. The van der Waals surface area contributed by atoms with Gasteiger partial charge in [0.1, 0.15) is 18.3 Å². The van der Waals surface area contributed by atoms with Crippen molar-refractivity contribution in [1.29, 1.82) is 0 Å². The van der Waals surface area contributed by atoms with E-state index >= 15 is 0 Å². The van der Waals surface area contributed by atoms with Crippen LogP contribution in [0, 0.1) is 0 Å². The molecule has 1 aliphatic heterocycles. The summed E-state index contributed by atoms with van der Waals surface area (Å²) < 4.78 is 19.0. The van der Waals surface area contributed by atoms with Crippen molar-refractivity contribution in [3.8, 4) is 0 Å². The second kappa shape index (κ2) is 1.38. The summed E-state index contributed by atoms with van der Waals surface area (Å²) in [5.74, 6) is 0. The molecule has 9 heavy (non-hydrogen) atoms. The van der Waals surface area contributed by atoms with Gasteiger partial charge >= 0.3 is 7.82 Å². The van der Waals surface area contributed by atoms with Crippen LogP contribution >= 0.6 is 7.82 Å². The molecule has 2 aliphatic rings. The predicted molar refractivity (Wildman–Crippen MR) is 25.6 cm³/mol. The summed E-state index contributed by atoms with van der Waals surface area (Å²) >= 11 is 0. The van der Waals surface area contributed by atoms with E-state index in [9.17, 15) is 4.57 Å². The predicted octanol–water partition coefficient (Wildman–Crippen LogP) is -0.755. The van der Waals surface area contributed by atoms with Crippen LogP contribution in [0.1, 0.15) is 0 Å². The lowest BCUT2D eigenvalue weighted by Crippen LogP contribution is -2.05. The number of phosphoric acid groups is 1. The van der Waals surface area contributed by atoms with Crippen molar-refractivity contribution in [2.45, 2.75) is 18.3 Å². The molecule has 0 bridgehead atoms. The monoisotopic (exact) mass is 152 g/mol. The number of epoxide rings is 1. The zero-order valence-corrected chi connectivity index (χ0v) is 5.19. The molecule has 0 aromatic heterocycles. The highest BCUT2D eigenvalue weighted by Crippen LogP contribution is 2.55. The minimum atomic E-state index is -4.25. The quantitative estimate of drug-likeness (QED) is 0.401. The van der Waals surface area contributed by atoms with Crippen LogP contribution in [0.15, 0.2) is 0 Å². The molecule has 1 heterocycles. The first-order valence-electron chi connectivity index (χ1n) is 2.47. The lowest BCUT2D eigenvalue weighted by Gasteiger charge is -2.05. The average Bonchev–Trinajstić information content (AvgIpc) is 2.39. The Hall–Kier alpha value is 0.0700. The molecule has 1 aliphatic carbocycles. The summed E-state index contributed by atoms with van der Waals surface area (Å²) in [6.07, 6.45) is -0.360. The van der Waals surface area contributed by atoms with Crippen molar-refractivity contribution in [3.05, 3.63) is 0 Å². The molecule has 6 heteroatoms. The van der Waals surface area contributed by atoms with Crippen LogP contribution in [0.25, 0.3) is 0 Å². The summed E-state index contributed by atoms with van der Waals surface area (Å²) in [5, 5.41) is 0. The van der Waals surface area contributed by atoms with E-state index in [0.29, 0.717) is 0 Å². The van der Waals surface area contributed by atoms with Gasteiger partial charge in [-0.1, -0.05) is 0 Å². The van der Waals surface area contributed by atoms with E-state index in [4.69, 9.17) is 14.5 Å². The number of hydrogen-bond donors (Lipinski definition) is 2. The molecule has 0 aromatic rings. The topological polar surface area (TPSA) is 79.3 Å². The highest BCUT2D eigenvalue weighted by Gasteiger charge is 2.71. The van der Waals surface area contributed by atoms with Crippen LogP contribution < -0.4 is 0 Å². The van der Waals surface area contributed by atoms with Gasteiger partial charge in [0.25, 0.3) is 0 Å². The first kappa shape index (κ1) is 5.82. The molecule has 2 atom stereocenters. The van der Waals surface area contributed by atoms with Gasteiger partial charge in [-0.05, 0) is 0 Å². The van der Waals surface area contributed by atoms with Gasteiger partial charge in [0.15, 0.2) is 0 Å². The van der Waals surface area contributed by atoms with Gasteiger partial charge in [0, 0.05) is 0 Å². The Balaban J connectivity index is 1.85. The Labute approximate surface area is 50.8 Å². The molecule has 0 spiro atoms. The molecule has 2 fully saturated rings. The fourth-order valence-electron chi connectivity index (χ4n) is 0.712. The molecule has 0 amide bonds. The minimum Gasteiger partial charge on any atom is -0.364 e. The minimum absolute atomic E-state index is 0.0161. The van der Waals surface area contributed by atoms with Crippen LogP contribution in [0.5, 0.6) is 0 Å². The molecule has 2 N–H and O–H groups in total. The maximum absolute atomic E-state index is 10.1. The van der Waals surface area contributed by atoms with Crippen molar-refractivity contribution in [3.63, 3.8) is 0 Å². The van der Waals surface area contributed by atoms with Gasteiger partial charge in [-0.15, -0.1) is 0 Å². The fraction of sp³-hybridized carbons (Fsp3) is 1.00. The molecule has 52 valence electrons. The molecule has 1 saturated carbocycles. The van der Waals surface area contributed by atoms with E-state index in [1.807, 2.05) is 0 Å². The van der Waals surface area contributed by atoms with Crippen molar-refractivity contribution in [2.75, 3.05) is 0 Å². The summed E-state index contributed by atoms with van der Waals surface area (Å²) in [5.41, 5.74) is 0. The van der Waals surface area contributed by atoms with Crippen molar-refractivity contribution < 1.29 is 23.6 Å². The molecular formula is C3H5O5P. The van der Waals surface area contributed by atoms with Crippen molar-refractivity contribution in [2.24, 2.45) is 0 Å². The normalized spacial score (nSPS) is 46.2. The molecule has 5 nitrogen and oxygen atoms in total. The zero-order chi connectivity index (χ0) is 6.65. The first-order chi connectivity index (χ1) is 4.08. The third kappa shape index (κ3) is 1.02. The number of rotatable bonds is 2. The molecule has 0 aromatic carbocycles. The van der Waals surface area contributed by atoms with Gasteiger partial charge in [0.05, 0.1) is 0 Å². The maximum Gasteiger partial charge on any atom is 0.470 e. The van der Waals surface area contributed by atoms with Crippen LogP contribution in [-0.4, -0.2) is 28.1 Å². The number of ether oxygens (including phenoxy) is 1. The lowest BCUT2D eigenvalue weighted by atomic mass is 10.8. The molecule has 2 unspecified atom stereocenters. The summed E-state index contributed by atoms with van der Waals surface area (Å²) in [6.45, 7) is 0. The Morgan fingerprint density at radius 1 is 1.44 bits per heavy atom. The van der Waals surface area contributed by atoms with E-state index in [1.165, 1.54) is 0 Å². The highest BCUT2D eigenvalue weighted by atomic mass is 31.2. The Morgan fingerprint density at radius 3 is 2.11 bits per heavy atom. The molecule has 1 saturated heterocycles. The van der Waals surface area contributed by atoms with Crippen LogP contribution in [0.2, 0.25) is 0 Å². The number of hydrogen-bond acceptors (Lipinski definition) is 3. The van der Waals surface area contributed by atoms with Crippen LogP contribution in [-0.2, 0) is 13.8 Å². The largest absolute Gasteiger partial charge is 0.470 e. The van der Waals surface area contributed by atoms with Crippen LogP contribution in [0.3, 0.4) is 0 Å². The van der Waals surface area contributed by atoms with Crippen molar-refractivity contribution >= 4 is 7.82 Å². The smallest absolute Gasteiger partial charge is 0.364 e.